The maximum atomic E-state index is 13.5. The second-order valence-corrected chi connectivity index (χ2v) is 11.1. The van der Waals surface area contributed by atoms with Gasteiger partial charge in [-0.05, 0) is 45.4 Å². The Morgan fingerprint density at radius 2 is 1.91 bits per heavy atom. The van der Waals surface area contributed by atoms with Crippen molar-refractivity contribution in [3.63, 3.8) is 0 Å². The number of sulfonamides is 1. The van der Waals surface area contributed by atoms with Crippen LogP contribution in [0.25, 0.3) is 22.4 Å². The van der Waals surface area contributed by atoms with Crippen LogP contribution in [0.5, 0.6) is 5.75 Å². The van der Waals surface area contributed by atoms with Crippen LogP contribution in [0.3, 0.4) is 0 Å². The van der Waals surface area contributed by atoms with Crippen molar-refractivity contribution in [2.75, 3.05) is 20.2 Å². The molecule has 3 aromatic rings. The van der Waals surface area contributed by atoms with E-state index in [4.69, 9.17) is 22.1 Å². The van der Waals surface area contributed by atoms with Gasteiger partial charge in [0, 0.05) is 31.7 Å². The van der Waals surface area contributed by atoms with Crippen molar-refractivity contribution >= 4 is 33.3 Å². The topological polar surface area (TPSA) is 105 Å². The molecular formula is C23H32N6O3S2. The van der Waals surface area contributed by atoms with Crippen LogP contribution in [0.15, 0.2) is 23.1 Å². The predicted molar refractivity (Wildman–Crippen MR) is 135 cm³/mol. The minimum Gasteiger partial charge on any atom is -0.496 e. The highest BCUT2D eigenvalue weighted by molar-refractivity contribution is 7.89. The highest BCUT2D eigenvalue weighted by Crippen LogP contribution is 2.33. The Bertz CT molecular complexity index is 1360. The molecule has 1 aliphatic rings. The van der Waals surface area contributed by atoms with Gasteiger partial charge >= 0.3 is 0 Å². The second kappa shape index (κ2) is 9.73. The van der Waals surface area contributed by atoms with E-state index < -0.39 is 10.0 Å². The van der Waals surface area contributed by atoms with Gasteiger partial charge in [0.25, 0.3) is 0 Å². The van der Waals surface area contributed by atoms with E-state index in [0.717, 1.165) is 29.6 Å². The van der Waals surface area contributed by atoms with Gasteiger partial charge in [0.05, 0.1) is 28.8 Å². The van der Waals surface area contributed by atoms with Gasteiger partial charge in [0.15, 0.2) is 4.64 Å². The summed E-state index contributed by atoms with van der Waals surface area (Å²) in [6.45, 7) is 9.59. The Hall–Kier alpha value is -2.34. The summed E-state index contributed by atoms with van der Waals surface area (Å²) in [6.07, 6.45) is 1.73. The monoisotopic (exact) mass is 504 g/mol. The zero-order valence-corrected chi connectivity index (χ0v) is 21.9. The minimum absolute atomic E-state index is 0.0727. The van der Waals surface area contributed by atoms with Gasteiger partial charge in [0.2, 0.25) is 10.0 Å². The molecule has 2 aromatic heterocycles. The minimum atomic E-state index is -3.70. The number of ether oxygens (including phenoxy) is 1. The number of nitrogens with zero attached hydrogens (tertiary/aromatic N) is 4. The number of aromatic amines is 1. The summed E-state index contributed by atoms with van der Waals surface area (Å²) >= 11 is 5.64. The van der Waals surface area contributed by atoms with Crippen molar-refractivity contribution in [3.8, 4) is 17.1 Å². The highest BCUT2D eigenvalue weighted by atomic mass is 32.2. The van der Waals surface area contributed by atoms with E-state index in [-0.39, 0.29) is 17.0 Å². The van der Waals surface area contributed by atoms with Crippen LogP contribution in [0, 0.1) is 4.64 Å². The van der Waals surface area contributed by atoms with Gasteiger partial charge in [-0.25, -0.2) is 13.4 Å². The van der Waals surface area contributed by atoms with Crippen molar-refractivity contribution in [2.45, 2.75) is 64.1 Å². The lowest BCUT2D eigenvalue weighted by Crippen LogP contribution is -2.55. The largest absolute Gasteiger partial charge is 0.496 e. The standard InChI is InChI=1S/C23H32N6O3S2/c1-6-8-18-20-21(29(7-2)27-18)23(33)26-22(25-20)17-11-16(9-10-19(17)32-5)34(30,31)28-12-14(3)24-15(4)13-28/h9-11,14-15,24H,6-8,12-13H2,1-5H3,(H,25,26,33)/t14-,15+. The lowest BCUT2D eigenvalue weighted by Gasteiger charge is -2.35. The fourth-order valence-electron chi connectivity index (χ4n) is 4.58. The average Bonchev–Trinajstić information content (AvgIpc) is 3.16. The Labute approximate surface area is 205 Å². The summed E-state index contributed by atoms with van der Waals surface area (Å²) in [5, 5.41) is 8.08. The molecule has 2 N–H and O–H groups in total. The molecule has 0 bridgehead atoms. The molecule has 4 rings (SSSR count). The normalized spacial score (nSPS) is 19.6. The van der Waals surface area contributed by atoms with Crippen LogP contribution in [0.1, 0.15) is 39.8 Å². The molecule has 2 atom stereocenters. The van der Waals surface area contributed by atoms with Gasteiger partial charge in [-0.2, -0.15) is 9.40 Å². The van der Waals surface area contributed by atoms with Crippen molar-refractivity contribution in [1.82, 2.24) is 29.4 Å². The number of aryl methyl sites for hydroxylation is 2. The first-order chi connectivity index (χ1) is 16.2. The third kappa shape index (κ3) is 4.49. The van der Waals surface area contributed by atoms with Gasteiger partial charge in [-0.15, -0.1) is 0 Å². The molecule has 0 aliphatic carbocycles. The van der Waals surface area contributed by atoms with E-state index in [2.05, 4.69) is 22.2 Å². The van der Waals surface area contributed by atoms with Crippen LogP contribution in [0.2, 0.25) is 0 Å². The molecule has 0 saturated carbocycles. The number of aromatic nitrogens is 4. The molecule has 1 fully saturated rings. The average molecular weight is 505 g/mol. The van der Waals surface area contributed by atoms with Gasteiger partial charge < -0.3 is 15.0 Å². The van der Waals surface area contributed by atoms with E-state index >= 15 is 0 Å². The summed E-state index contributed by atoms with van der Waals surface area (Å²) in [7, 11) is -2.15. The van der Waals surface area contributed by atoms with E-state index in [1.807, 2.05) is 25.5 Å². The van der Waals surface area contributed by atoms with E-state index in [1.165, 1.54) is 4.31 Å². The molecule has 1 aliphatic heterocycles. The van der Waals surface area contributed by atoms with Crippen LogP contribution in [-0.2, 0) is 23.0 Å². The van der Waals surface area contributed by atoms with Crippen molar-refractivity contribution in [2.24, 2.45) is 0 Å². The van der Waals surface area contributed by atoms with Crippen molar-refractivity contribution in [1.29, 1.82) is 0 Å². The molecule has 1 saturated heterocycles. The lowest BCUT2D eigenvalue weighted by molar-refractivity contribution is 0.263. The van der Waals surface area contributed by atoms with Crippen LogP contribution in [-0.4, -0.2) is 64.8 Å². The van der Waals surface area contributed by atoms with Gasteiger partial charge in [-0.3, -0.25) is 4.68 Å². The third-order valence-electron chi connectivity index (χ3n) is 6.06. The zero-order chi connectivity index (χ0) is 24.6. The number of methoxy groups -OCH3 is 1. The number of benzene rings is 1. The molecule has 34 heavy (non-hydrogen) atoms. The first-order valence-corrected chi connectivity index (χ1v) is 13.5. The molecule has 11 heteroatoms. The molecule has 0 spiro atoms. The van der Waals surface area contributed by atoms with E-state index in [1.54, 1.807) is 25.3 Å². The predicted octanol–water partition coefficient (Wildman–Crippen LogP) is 3.51. The Balaban J connectivity index is 1.86. The van der Waals surface area contributed by atoms with Crippen LogP contribution in [0.4, 0.5) is 0 Å². The van der Waals surface area contributed by atoms with Crippen molar-refractivity contribution < 1.29 is 13.2 Å². The SMILES string of the molecule is CCCc1nn(CC)c2c(=S)nc(-c3cc(S(=O)(=O)N4C[C@@H](C)N[C@@H](C)C4)ccc3OC)[nH]c12. The maximum absolute atomic E-state index is 13.5. The van der Waals surface area contributed by atoms with Crippen molar-refractivity contribution in [3.05, 3.63) is 28.5 Å². The highest BCUT2D eigenvalue weighted by Gasteiger charge is 2.32. The summed E-state index contributed by atoms with van der Waals surface area (Å²) in [5.74, 6) is 0.972. The quantitative estimate of drug-likeness (QED) is 0.475. The third-order valence-corrected chi connectivity index (χ3v) is 8.17. The molecule has 0 amide bonds. The molecular weight excluding hydrogens is 472 g/mol. The number of fused-ring (bicyclic) bond motifs is 1. The lowest BCUT2D eigenvalue weighted by atomic mass is 10.1. The number of hydrogen-bond acceptors (Lipinski definition) is 7. The molecule has 0 radical (unpaired) electrons. The number of nitrogens with one attached hydrogen (secondary N) is 2. The molecule has 3 heterocycles. The molecule has 0 unspecified atom stereocenters. The zero-order valence-electron chi connectivity index (χ0n) is 20.3. The van der Waals surface area contributed by atoms with Gasteiger partial charge in [-0.1, -0.05) is 25.6 Å². The van der Waals surface area contributed by atoms with Crippen LogP contribution < -0.4 is 10.1 Å². The first kappa shape index (κ1) is 24.8. The fraction of sp³-hybridized carbons (Fsp3) is 0.522. The summed E-state index contributed by atoms with van der Waals surface area (Å²) in [6, 6.07) is 5.02. The van der Waals surface area contributed by atoms with E-state index in [0.29, 0.717) is 41.4 Å². The van der Waals surface area contributed by atoms with E-state index in [9.17, 15) is 8.42 Å². The Morgan fingerprint density at radius 3 is 2.53 bits per heavy atom. The number of piperazine rings is 1. The molecule has 9 nitrogen and oxygen atoms in total. The smallest absolute Gasteiger partial charge is 0.243 e. The Morgan fingerprint density at radius 1 is 1.21 bits per heavy atom. The van der Waals surface area contributed by atoms with Crippen LogP contribution >= 0.6 is 12.2 Å². The fourth-order valence-corrected chi connectivity index (χ4v) is 6.53. The summed E-state index contributed by atoms with van der Waals surface area (Å²) in [4.78, 5) is 8.20. The molecule has 1 aromatic carbocycles. The summed E-state index contributed by atoms with van der Waals surface area (Å²) in [5.41, 5.74) is 3.08. The maximum Gasteiger partial charge on any atom is 0.243 e. The Kier molecular flexibility index (Phi) is 7.09. The summed E-state index contributed by atoms with van der Waals surface area (Å²) < 4.78 is 36.4. The number of H-pyrrole nitrogens is 1. The number of rotatable bonds is 7. The van der Waals surface area contributed by atoms with Gasteiger partial charge in [0.1, 0.15) is 17.1 Å². The second-order valence-electron chi connectivity index (χ2n) is 8.78. The molecule has 184 valence electrons. The first-order valence-electron chi connectivity index (χ1n) is 11.6. The number of hydrogen-bond donors (Lipinski definition) is 2.